The zero-order valence-electron chi connectivity index (χ0n) is 14.8. The van der Waals surface area contributed by atoms with Crippen LogP contribution >= 0.6 is 0 Å². The minimum absolute atomic E-state index is 0.0474. The van der Waals surface area contributed by atoms with Gasteiger partial charge in [0.2, 0.25) is 0 Å². The number of nitrogens with zero attached hydrogens (tertiary/aromatic N) is 2. The average molecular weight is 332 g/mol. The number of hydrogen-bond donors (Lipinski definition) is 0. The van der Waals surface area contributed by atoms with Gasteiger partial charge in [0.15, 0.2) is 5.76 Å². The quantitative estimate of drug-likeness (QED) is 0.831. The summed E-state index contributed by atoms with van der Waals surface area (Å²) in [6, 6.07) is 1.86. The maximum absolute atomic E-state index is 12.8. The lowest BCUT2D eigenvalue weighted by Gasteiger charge is -2.30. The fraction of sp³-hybridized carbons (Fsp3) is 0.737. The number of ether oxygens (including phenoxy) is 1. The molecule has 3 aliphatic rings. The minimum Gasteiger partial charge on any atom is -0.459 e. The first kappa shape index (κ1) is 16.2. The summed E-state index contributed by atoms with van der Waals surface area (Å²) in [5.41, 5.74) is 1.12. The Morgan fingerprint density at radius 2 is 2.25 bits per heavy atom. The van der Waals surface area contributed by atoms with Crippen molar-refractivity contribution in [1.82, 2.24) is 9.80 Å². The van der Waals surface area contributed by atoms with Crippen molar-refractivity contribution in [3.63, 3.8) is 0 Å². The van der Waals surface area contributed by atoms with Crippen LogP contribution in [0, 0.1) is 24.2 Å². The second-order valence-corrected chi connectivity index (χ2v) is 8.06. The minimum atomic E-state index is 0.0474. The highest BCUT2D eigenvalue weighted by Crippen LogP contribution is 2.45. The van der Waals surface area contributed by atoms with Crippen LogP contribution in [0.15, 0.2) is 16.7 Å². The third-order valence-electron chi connectivity index (χ3n) is 6.19. The first-order valence-corrected chi connectivity index (χ1v) is 9.16. The molecule has 0 N–H and O–H groups in total. The van der Waals surface area contributed by atoms with E-state index in [1.54, 1.807) is 13.4 Å². The summed E-state index contributed by atoms with van der Waals surface area (Å²) in [6.07, 6.45) is 5.46. The normalized spacial score (nSPS) is 30.6. The van der Waals surface area contributed by atoms with Gasteiger partial charge in [0.1, 0.15) is 0 Å². The van der Waals surface area contributed by atoms with E-state index in [4.69, 9.17) is 9.15 Å². The molecule has 1 aliphatic carbocycles. The number of amides is 1. The maximum Gasteiger partial charge on any atom is 0.289 e. The third-order valence-corrected chi connectivity index (χ3v) is 6.19. The number of methoxy groups -OCH3 is 1. The lowest BCUT2D eigenvalue weighted by molar-refractivity contribution is 0.0688. The Bertz CT molecular complexity index is 610. The zero-order valence-corrected chi connectivity index (χ0v) is 14.8. The Balaban J connectivity index is 1.47. The summed E-state index contributed by atoms with van der Waals surface area (Å²) < 4.78 is 10.9. The van der Waals surface area contributed by atoms with E-state index >= 15 is 0 Å². The molecule has 3 fully saturated rings. The molecule has 24 heavy (non-hydrogen) atoms. The van der Waals surface area contributed by atoms with Crippen molar-refractivity contribution in [2.75, 3.05) is 46.4 Å². The van der Waals surface area contributed by atoms with Gasteiger partial charge in [-0.05, 0) is 38.2 Å². The second kappa shape index (κ2) is 6.19. The number of rotatable bonds is 5. The highest BCUT2D eigenvalue weighted by molar-refractivity contribution is 5.93. The Morgan fingerprint density at radius 1 is 1.42 bits per heavy atom. The average Bonchev–Trinajstić information content (AvgIpc) is 2.97. The van der Waals surface area contributed by atoms with E-state index in [1.165, 1.54) is 19.4 Å². The molecule has 132 valence electrons. The van der Waals surface area contributed by atoms with Gasteiger partial charge < -0.3 is 19.0 Å². The van der Waals surface area contributed by atoms with Gasteiger partial charge >= 0.3 is 0 Å². The molecule has 1 aromatic heterocycles. The van der Waals surface area contributed by atoms with Crippen LogP contribution in [0.4, 0.5) is 0 Å². The largest absolute Gasteiger partial charge is 0.459 e. The Labute approximate surface area is 143 Å². The molecule has 2 atom stereocenters. The van der Waals surface area contributed by atoms with Crippen molar-refractivity contribution in [1.29, 1.82) is 0 Å². The van der Waals surface area contributed by atoms with Crippen LogP contribution in [0.25, 0.3) is 0 Å². The van der Waals surface area contributed by atoms with Crippen LogP contribution in [0.1, 0.15) is 35.4 Å². The van der Waals surface area contributed by atoms with Gasteiger partial charge in [-0.2, -0.15) is 0 Å². The molecule has 1 aromatic rings. The molecule has 5 nitrogen and oxygen atoms in total. The van der Waals surface area contributed by atoms with Crippen LogP contribution < -0.4 is 0 Å². The van der Waals surface area contributed by atoms with Gasteiger partial charge in [0, 0.05) is 56.7 Å². The van der Waals surface area contributed by atoms with Crippen molar-refractivity contribution in [3.05, 3.63) is 23.7 Å². The van der Waals surface area contributed by atoms with Crippen molar-refractivity contribution >= 4 is 5.91 Å². The summed E-state index contributed by atoms with van der Waals surface area (Å²) in [7, 11) is 1.79. The highest BCUT2D eigenvalue weighted by Gasteiger charge is 2.51. The molecule has 0 radical (unpaired) electrons. The maximum atomic E-state index is 12.8. The van der Waals surface area contributed by atoms with Crippen molar-refractivity contribution in [2.45, 2.75) is 26.2 Å². The summed E-state index contributed by atoms with van der Waals surface area (Å²) in [5, 5.41) is 0. The van der Waals surface area contributed by atoms with Gasteiger partial charge in [0.05, 0.1) is 12.9 Å². The van der Waals surface area contributed by atoms with Crippen LogP contribution in [0.3, 0.4) is 0 Å². The molecule has 1 spiro atoms. The molecule has 1 amide bonds. The number of carbonyl (C=O) groups excluding carboxylic acids is 1. The molecule has 0 aromatic carbocycles. The van der Waals surface area contributed by atoms with Crippen molar-refractivity contribution in [3.8, 4) is 0 Å². The number of aryl methyl sites for hydroxylation is 1. The van der Waals surface area contributed by atoms with Gasteiger partial charge in [-0.3, -0.25) is 4.79 Å². The number of likely N-dealkylation sites (tertiary alicyclic amines) is 2. The first-order chi connectivity index (χ1) is 11.6. The van der Waals surface area contributed by atoms with Gasteiger partial charge in [-0.1, -0.05) is 0 Å². The molecule has 2 saturated heterocycles. The predicted molar refractivity (Wildman–Crippen MR) is 90.9 cm³/mol. The molecular weight excluding hydrogens is 304 g/mol. The van der Waals surface area contributed by atoms with E-state index < -0.39 is 0 Å². The first-order valence-electron chi connectivity index (χ1n) is 9.16. The van der Waals surface area contributed by atoms with E-state index in [-0.39, 0.29) is 11.3 Å². The molecule has 1 saturated carbocycles. The fourth-order valence-corrected chi connectivity index (χ4v) is 4.65. The predicted octanol–water partition coefficient (Wildman–Crippen LogP) is 2.41. The topological polar surface area (TPSA) is 45.9 Å². The third kappa shape index (κ3) is 2.88. The van der Waals surface area contributed by atoms with Gasteiger partial charge in [0.25, 0.3) is 5.91 Å². The lowest BCUT2D eigenvalue weighted by Crippen LogP contribution is -2.38. The summed E-state index contributed by atoms with van der Waals surface area (Å²) in [4.78, 5) is 17.4. The molecule has 4 rings (SSSR count). The van der Waals surface area contributed by atoms with Gasteiger partial charge in [-0.15, -0.1) is 0 Å². The molecule has 0 unspecified atom stereocenters. The standard InChI is InChI=1S/C19H28N2O3/c1-14-5-8-24-17(14)18(22)21-7-6-19(13-21)12-20(9-15-3-4-15)10-16(19)11-23-2/h5,8,15-16H,3-4,6-7,9-13H2,1-2H3/t16-,19-/m0/s1. The molecule has 0 bridgehead atoms. The highest BCUT2D eigenvalue weighted by atomic mass is 16.5. The second-order valence-electron chi connectivity index (χ2n) is 8.06. The van der Waals surface area contributed by atoms with E-state index in [0.717, 1.165) is 50.7 Å². The van der Waals surface area contributed by atoms with E-state index in [2.05, 4.69) is 4.90 Å². The van der Waals surface area contributed by atoms with E-state index in [0.29, 0.717) is 11.7 Å². The van der Waals surface area contributed by atoms with Crippen molar-refractivity contribution in [2.24, 2.45) is 17.3 Å². The van der Waals surface area contributed by atoms with Crippen molar-refractivity contribution < 1.29 is 13.9 Å². The monoisotopic (exact) mass is 332 g/mol. The van der Waals surface area contributed by atoms with E-state index in [9.17, 15) is 4.79 Å². The Morgan fingerprint density at radius 3 is 2.92 bits per heavy atom. The summed E-state index contributed by atoms with van der Waals surface area (Å²) in [6.45, 7) is 7.85. The number of hydrogen-bond acceptors (Lipinski definition) is 4. The molecule has 5 heteroatoms. The zero-order chi connectivity index (χ0) is 16.7. The van der Waals surface area contributed by atoms with Crippen LogP contribution in [-0.4, -0.2) is 62.1 Å². The Kier molecular flexibility index (Phi) is 4.17. The molecule has 2 aliphatic heterocycles. The summed E-state index contributed by atoms with van der Waals surface area (Å²) in [5.74, 6) is 1.99. The number of furan rings is 1. The van der Waals surface area contributed by atoms with E-state index in [1.807, 2.05) is 17.9 Å². The van der Waals surface area contributed by atoms with Crippen LogP contribution in [-0.2, 0) is 4.74 Å². The Hall–Kier alpha value is -1.33. The smallest absolute Gasteiger partial charge is 0.289 e. The lowest BCUT2D eigenvalue weighted by atomic mass is 9.77. The fourth-order valence-electron chi connectivity index (χ4n) is 4.65. The van der Waals surface area contributed by atoms with Gasteiger partial charge in [-0.25, -0.2) is 0 Å². The van der Waals surface area contributed by atoms with Crippen LogP contribution in [0.5, 0.6) is 0 Å². The summed E-state index contributed by atoms with van der Waals surface area (Å²) >= 11 is 0. The molecule has 3 heterocycles. The molecular formula is C19H28N2O3. The number of carbonyl (C=O) groups is 1. The SMILES string of the molecule is COC[C@@H]1CN(CC2CC2)C[C@]12CCN(C(=O)c1occc1C)C2. The van der Waals surface area contributed by atoms with Crippen LogP contribution in [0.2, 0.25) is 0 Å².